The molecule has 0 bridgehead atoms. The topological polar surface area (TPSA) is 0 Å². The Balaban J connectivity index is 1.29. The zero-order chi connectivity index (χ0) is 38.3. The van der Waals surface area contributed by atoms with E-state index in [1.165, 1.54) is 38.9 Å². The summed E-state index contributed by atoms with van der Waals surface area (Å²) in [7, 11) is 0. The second-order valence-corrected chi connectivity index (χ2v) is 15.7. The van der Waals surface area contributed by atoms with Crippen LogP contribution in [0.4, 0.5) is 8.78 Å². The summed E-state index contributed by atoms with van der Waals surface area (Å²) < 4.78 is 31.5. The third-order valence-corrected chi connectivity index (χ3v) is 12.7. The number of fused-ring (bicyclic) bond motifs is 6. The van der Waals surface area contributed by atoms with Gasteiger partial charge < -0.3 is 0 Å². The summed E-state index contributed by atoms with van der Waals surface area (Å²) in [6, 6.07) is 59.6. The van der Waals surface area contributed by atoms with E-state index in [4.69, 9.17) is 0 Å². The molecule has 56 heavy (non-hydrogen) atoms. The van der Waals surface area contributed by atoms with Crippen LogP contribution in [0.25, 0.3) is 33.4 Å². The lowest BCUT2D eigenvalue weighted by molar-refractivity contribution is 0.604. The molecule has 2 aliphatic carbocycles. The predicted octanol–water partition coefficient (Wildman–Crippen LogP) is 13.6. The Bertz CT molecular complexity index is 2780. The Labute approximate surface area is 327 Å². The van der Waals surface area contributed by atoms with Crippen LogP contribution in [0, 0.1) is 39.3 Å². The fraction of sp³-hybridized carbons (Fsp3) is 0.111. The van der Waals surface area contributed by atoms with Gasteiger partial charge in [-0.3, -0.25) is 0 Å². The van der Waals surface area contributed by atoms with Crippen LogP contribution in [-0.2, 0) is 10.8 Å². The Hall–Kier alpha value is -6.38. The summed E-state index contributed by atoms with van der Waals surface area (Å²) in [6.45, 7) is 7.89. The highest BCUT2D eigenvalue weighted by atomic mass is 19.1. The number of hydrogen-bond donors (Lipinski definition) is 0. The lowest BCUT2D eigenvalue weighted by Crippen LogP contribution is -2.29. The third-order valence-electron chi connectivity index (χ3n) is 12.7. The molecular formula is C54H40F2. The molecule has 0 amide bonds. The molecule has 0 radical (unpaired) electrons. The summed E-state index contributed by atoms with van der Waals surface area (Å²) in [5.41, 5.74) is 17.4. The average Bonchev–Trinajstić information content (AvgIpc) is 3.70. The first kappa shape index (κ1) is 34.1. The molecule has 8 aromatic rings. The van der Waals surface area contributed by atoms with E-state index in [-0.39, 0.29) is 11.6 Å². The van der Waals surface area contributed by atoms with Crippen LogP contribution in [0.5, 0.6) is 0 Å². The van der Waals surface area contributed by atoms with Crippen LogP contribution in [0.1, 0.15) is 66.8 Å². The number of aryl methyl sites for hydroxylation is 4. The molecule has 0 saturated heterocycles. The monoisotopic (exact) mass is 726 g/mol. The van der Waals surface area contributed by atoms with E-state index in [1.54, 1.807) is 26.0 Å². The molecule has 0 nitrogen and oxygen atoms in total. The molecule has 0 atom stereocenters. The van der Waals surface area contributed by atoms with Crippen LogP contribution in [0.3, 0.4) is 0 Å². The maximum atomic E-state index is 15.7. The Morgan fingerprint density at radius 1 is 0.321 bits per heavy atom. The van der Waals surface area contributed by atoms with Crippen molar-refractivity contribution < 1.29 is 8.78 Å². The lowest BCUT2D eigenvalue weighted by atomic mass is 9.66. The van der Waals surface area contributed by atoms with Crippen molar-refractivity contribution in [2.45, 2.75) is 38.5 Å². The van der Waals surface area contributed by atoms with Crippen molar-refractivity contribution in [2.75, 3.05) is 0 Å². The predicted molar refractivity (Wildman–Crippen MR) is 225 cm³/mol. The minimum Gasteiger partial charge on any atom is -0.207 e. The quantitative estimate of drug-likeness (QED) is 0.166. The van der Waals surface area contributed by atoms with Gasteiger partial charge in [0.1, 0.15) is 11.6 Å². The van der Waals surface area contributed by atoms with Crippen molar-refractivity contribution in [3.63, 3.8) is 0 Å². The summed E-state index contributed by atoms with van der Waals surface area (Å²) >= 11 is 0. The Morgan fingerprint density at radius 3 is 1.29 bits per heavy atom. The van der Waals surface area contributed by atoms with Gasteiger partial charge in [0.2, 0.25) is 0 Å². The summed E-state index contributed by atoms with van der Waals surface area (Å²) in [6.07, 6.45) is 0. The second-order valence-electron chi connectivity index (χ2n) is 15.7. The van der Waals surface area contributed by atoms with Gasteiger partial charge in [-0.25, -0.2) is 8.78 Å². The van der Waals surface area contributed by atoms with Gasteiger partial charge in [-0.1, -0.05) is 157 Å². The van der Waals surface area contributed by atoms with Crippen LogP contribution in [0.15, 0.2) is 170 Å². The van der Waals surface area contributed by atoms with Gasteiger partial charge in [-0.05, 0) is 140 Å². The highest BCUT2D eigenvalue weighted by Gasteiger charge is 2.49. The van der Waals surface area contributed by atoms with Gasteiger partial charge in [-0.15, -0.1) is 0 Å². The van der Waals surface area contributed by atoms with Crippen LogP contribution < -0.4 is 0 Å². The Morgan fingerprint density at radius 2 is 0.732 bits per heavy atom. The van der Waals surface area contributed by atoms with Crippen molar-refractivity contribution in [1.29, 1.82) is 0 Å². The van der Waals surface area contributed by atoms with Crippen molar-refractivity contribution in [2.24, 2.45) is 0 Å². The molecule has 0 aliphatic heterocycles. The van der Waals surface area contributed by atoms with Gasteiger partial charge in [0, 0.05) is 0 Å². The number of hydrogen-bond acceptors (Lipinski definition) is 0. The van der Waals surface area contributed by atoms with Crippen LogP contribution in [-0.4, -0.2) is 0 Å². The zero-order valence-corrected chi connectivity index (χ0v) is 31.9. The standard InChI is InChI=1S/C54H40F2/c1-33-20-25-37(26-21-33)53(46-16-8-5-12-41(46)42-13-6-9-17-47(42)53)38-27-22-34(2)45(30-38)43-15-11-19-49-52(43)44-14-7-10-18-48(44)54(49,39-28-23-35(3)50(55)31-39)40-29-24-36(4)51(56)32-40/h5-32H,1-4H3. The largest absolute Gasteiger partial charge is 0.207 e. The average molecular weight is 727 g/mol. The molecule has 2 heteroatoms. The second kappa shape index (κ2) is 12.6. The zero-order valence-electron chi connectivity index (χ0n) is 31.9. The first-order chi connectivity index (χ1) is 27.2. The molecule has 0 fully saturated rings. The number of rotatable bonds is 5. The summed E-state index contributed by atoms with van der Waals surface area (Å²) in [5, 5.41) is 0. The minimum atomic E-state index is -0.955. The molecule has 0 aromatic heterocycles. The minimum absolute atomic E-state index is 0.279. The van der Waals surface area contributed by atoms with E-state index in [1.807, 2.05) is 30.3 Å². The first-order valence-corrected chi connectivity index (χ1v) is 19.4. The molecule has 0 saturated carbocycles. The molecule has 0 unspecified atom stereocenters. The fourth-order valence-corrected chi connectivity index (χ4v) is 9.97. The molecular weight excluding hydrogens is 687 g/mol. The Kier molecular flexibility index (Phi) is 7.67. The highest BCUT2D eigenvalue weighted by molar-refractivity contribution is 5.96. The number of halogens is 2. The summed E-state index contributed by atoms with van der Waals surface area (Å²) in [5.74, 6) is -0.558. The van der Waals surface area contributed by atoms with Crippen molar-refractivity contribution >= 4 is 0 Å². The van der Waals surface area contributed by atoms with Crippen LogP contribution in [0.2, 0.25) is 0 Å². The van der Waals surface area contributed by atoms with Gasteiger partial charge in [0.15, 0.2) is 0 Å². The van der Waals surface area contributed by atoms with E-state index in [2.05, 4.69) is 141 Å². The first-order valence-electron chi connectivity index (χ1n) is 19.4. The molecule has 270 valence electrons. The van der Waals surface area contributed by atoms with Gasteiger partial charge >= 0.3 is 0 Å². The van der Waals surface area contributed by atoms with E-state index < -0.39 is 10.8 Å². The van der Waals surface area contributed by atoms with E-state index in [0.717, 1.165) is 50.1 Å². The summed E-state index contributed by atoms with van der Waals surface area (Å²) in [4.78, 5) is 0. The maximum absolute atomic E-state index is 15.7. The lowest BCUT2D eigenvalue weighted by Gasteiger charge is -2.35. The SMILES string of the molecule is Cc1ccc(C2(c3ccc(C)c(-c4cccc5c4-c4ccccc4C5(c4ccc(C)c(F)c4)c4ccc(C)c(F)c4)c3)c3ccccc3-c3ccccc32)cc1. The van der Waals surface area contributed by atoms with Crippen molar-refractivity contribution in [3.8, 4) is 33.4 Å². The molecule has 0 N–H and O–H groups in total. The van der Waals surface area contributed by atoms with Crippen molar-refractivity contribution in [1.82, 2.24) is 0 Å². The fourth-order valence-electron chi connectivity index (χ4n) is 9.97. The molecule has 0 spiro atoms. The van der Waals surface area contributed by atoms with Crippen molar-refractivity contribution in [3.05, 3.63) is 248 Å². The highest BCUT2D eigenvalue weighted by Crippen LogP contribution is 2.60. The molecule has 0 heterocycles. The maximum Gasteiger partial charge on any atom is 0.126 e. The van der Waals surface area contributed by atoms with Crippen LogP contribution >= 0.6 is 0 Å². The third kappa shape index (κ3) is 4.62. The normalized spacial score (nSPS) is 14.2. The number of benzene rings is 8. The van der Waals surface area contributed by atoms with E-state index >= 15 is 8.78 Å². The van der Waals surface area contributed by atoms with Gasteiger partial charge in [-0.2, -0.15) is 0 Å². The smallest absolute Gasteiger partial charge is 0.126 e. The molecule has 2 aliphatic rings. The van der Waals surface area contributed by atoms with E-state index in [0.29, 0.717) is 11.1 Å². The molecule has 10 rings (SSSR count). The van der Waals surface area contributed by atoms with Gasteiger partial charge in [0.05, 0.1) is 10.8 Å². The van der Waals surface area contributed by atoms with E-state index in [9.17, 15) is 0 Å². The van der Waals surface area contributed by atoms with Gasteiger partial charge in [0.25, 0.3) is 0 Å². The molecule has 8 aromatic carbocycles.